The van der Waals surface area contributed by atoms with Crippen molar-refractivity contribution in [2.45, 2.75) is 70.8 Å². The largest absolute Gasteiger partial charge is 0.381 e. The first kappa shape index (κ1) is 13.4. The fourth-order valence-corrected chi connectivity index (χ4v) is 3.57. The quantitative estimate of drug-likeness (QED) is 0.687. The van der Waals surface area contributed by atoms with Crippen LogP contribution >= 0.6 is 0 Å². The molecule has 1 spiro atoms. The Kier molecular flexibility index (Phi) is 5.30. The van der Waals surface area contributed by atoms with Crippen LogP contribution in [0.15, 0.2) is 0 Å². The van der Waals surface area contributed by atoms with Gasteiger partial charge >= 0.3 is 0 Å². The van der Waals surface area contributed by atoms with Gasteiger partial charge in [0, 0.05) is 19.3 Å². The first-order valence-electron chi connectivity index (χ1n) is 7.68. The molecule has 1 atom stereocenters. The monoisotopic (exact) mass is 239 g/mol. The standard InChI is InChI=1S/C15H29NO/c1-2-12-17-13-6-11-16-14-7-10-15(14)8-4-3-5-9-15/h14,16H,2-13H2,1H3. The zero-order valence-corrected chi connectivity index (χ0v) is 11.5. The number of nitrogens with one attached hydrogen (secondary N) is 1. The van der Waals surface area contributed by atoms with Gasteiger partial charge in [0.05, 0.1) is 0 Å². The first-order chi connectivity index (χ1) is 8.37. The Morgan fingerprint density at radius 3 is 2.59 bits per heavy atom. The van der Waals surface area contributed by atoms with E-state index in [1.54, 1.807) is 0 Å². The molecule has 17 heavy (non-hydrogen) atoms. The van der Waals surface area contributed by atoms with Gasteiger partial charge in [-0.3, -0.25) is 0 Å². The number of rotatable bonds is 7. The highest BCUT2D eigenvalue weighted by atomic mass is 16.5. The van der Waals surface area contributed by atoms with Gasteiger partial charge in [0.25, 0.3) is 0 Å². The topological polar surface area (TPSA) is 21.3 Å². The number of hydrogen-bond acceptors (Lipinski definition) is 2. The molecule has 0 aromatic heterocycles. The fraction of sp³-hybridized carbons (Fsp3) is 1.00. The Balaban J connectivity index is 1.56. The van der Waals surface area contributed by atoms with Crippen molar-refractivity contribution in [3.63, 3.8) is 0 Å². The lowest BCUT2D eigenvalue weighted by Crippen LogP contribution is -2.54. The van der Waals surface area contributed by atoms with Crippen molar-refractivity contribution in [2.24, 2.45) is 5.41 Å². The third-order valence-corrected chi connectivity index (χ3v) is 4.72. The van der Waals surface area contributed by atoms with Gasteiger partial charge in [0.1, 0.15) is 0 Å². The van der Waals surface area contributed by atoms with Gasteiger partial charge in [0.2, 0.25) is 0 Å². The van der Waals surface area contributed by atoms with Crippen molar-refractivity contribution in [1.82, 2.24) is 5.32 Å². The SMILES string of the molecule is CCCOCCCNC1CCC12CCCCC2. The van der Waals surface area contributed by atoms with Gasteiger partial charge in [-0.1, -0.05) is 26.2 Å². The molecule has 1 N–H and O–H groups in total. The third kappa shape index (κ3) is 3.45. The van der Waals surface area contributed by atoms with E-state index >= 15 is 0 Å². The summed E-state index contributed by atoms with van der Waals surface area (Å²) in [4.78, 5) is 0. The molecule has 0 saturated heterocycles. The minimum atomic E-state index is 0.711. The summed E-state index contributed by atoms with van der Waals surface area (Å²) in [5.41, 5.74) is 0.711. The predicted molar refractivity (Wildman–Crippen MR) is 72.3 cm³/mol. The summed E-state index contributed by atoms with van der Waals surface area (Å²) in [7, 11) is 0. The maximum atomic E-state index is 5.51. The van der Waals surface area contributed by atoms with Crippen molar-refractivity contribution in [2.75, 3.05) is 19.8 Å². The maximum Gasteiger partial charge on any atom is 0.0478 e. The summed E-state index contributed by atoms with van der Waals surface area (Å²) in [6, 6.07) is 0.828. The Hall–Kier alpha value is -0.0800. The average Bonchev–Trinajstić information content (AvgIpc) is 2.37. The molecule has 0 aromatic carbocycles. The molecule has 2 heteroatoms. The molecule has 0 radical (unpaired) electrons. The van der Waals surface area contributed by atoms with Gasteiger partial charge in [-0.2, -0.15) is 0 Å². The molecule has 2 aliphatic rings. The summed E-state index contributed by atoms with van der Waals surface area (Å²) in [5, 5.41) is 3.78. The van der Waals surface area contributed by atoms with Crippen molar-refractivity contribution in [3.05, 3.63) is 0 Å². The van der Waals surface area contributed by atoms with Crippen LogP contribution in [0, 0.1) is 5.41 Å². The van der Waals surface area contributed by atoms with E-state index < -0.39 is 0 Å². The molecular weight excluding hydrogens is 210 g/mol. The van der Waals surface area contributed by atoms with Crippen molar-refractivity contribution < 1.29 is 4.74 Å². The highest BCUT2D eigenvalue weighted by Gasteiger charge is 2.46. The van der Waals surface area contributed by atoms with Crippen molar-refractivity contribution >= 4 is 0 Å². The lowest BCUT2D eigenvalue weighted by molar-refractivity contribution is 0.0217. The molecule has 2 saturated carbocycles. The van der Waals surface area contributed by atoms with Crippen LogP contribution in [0.2, 0.25) is 0 Å². The molecule has 0 amide bonds. The first-order valence-corrected chi connectivity index (χ1v) is 7.68. The maximum absolute atomic E-state index is 5.51. The minimum absolute atomic E-state index is 0.711. The summed E-state index contributed by atoms with van der Waals surface area (Å²) >= 11 is 0. The Labute approximate surface area is 107 Å². The summed E-state index contributed by atoms with van der Waals surface area (Å²) in [5.74, 6) is 0. The second kappa shape index (κ2) is 6.75. The fourth-order valence-electron chi connectivity index (χ4n) is 3.57. The van der Waals surface area contributed by atoms with Crippen LogP contribution in [0.3, 0.4) is 0 Å². The average molecular weight is 239 g/mol. The van der Waals surface area contributed by atoms with E-state index in [1.807, 2.05) is 0 Å². The molecular formula is C15H29NO. The molecule has 0 aliphatic heterocycles. The van der Waals surface area contributed by atoms with Crippen LogP contribution in [0.1, 0.15) is 64.7 Å². The zero-order chi connectivity index (χ0) is 12.0. The lowest BCUT2D eigenvalue weighted by Gasteiger charge is -2.52. The summed E-state index contributed by atoms with van der Waals surface area (Å²) in [6.07, 6.45) is 12.6. The van der Waals surface area contributed by atoms with E-state index in [-0.39, 0.29) is 0 Å². The molecule has 0 bridgehead atoms. The van der Waals surface area contributed by atoms with Gasteiger partial charge in [-0.05, 0) is 50.5 Å². The van der Waals surface area contributed by atoms with Crippen LogP contribution in [0.4, 0.5) is 0 Å². The number of hydrogen-bond donors (Lipinski definition) is 1. The Bertz CT molecular complexity index is 211. The zero-order valence-electron chi connectivity index (χ0n) is 11.5. The van der Waals surface area contributed by atoms with E-state index in [4.69, 9.17) is 4.74 Å². The lowest BCUT2D eigenvalue weighted by atomic mass is 9.57. The second-order valence-corrected chi connectivity index (χ2v) is 5.93. The Morgan fingerprint density at radius 2 is 1.94 bits per heavy atom. The summed E-state index contributed by atoms with van der Waals surface area (Å²) < 4.78 is 5.51. The Morgan fingerprint density at radius 1 is 1.12 bits per heavy atom. The summed E-state index contributed by atoms with van der Waals surface area (Å²) in [6.45, 7) is 5.17. The molecule has 2 fully saturated rings. The van der Waals surface area contributed by atoms with E-state index in [9.17, 15) is 0 Å². The van der Waals surface area contributed by atoms with E-state index in [1.165, 1.54) is 51.4 Å². The van der Waals surface area contributed by atoms with Crippen LogP contribution in [0.25, 0.3) is 0 Å². The minimum Gasteiger partial charge on any atom is -0.381 e. The highest BCUT2D eigenvalue weighted by molar-refractivity contribution is 5.01. The third-order valence-electron chi connectivity index (χ3n) is 4.72. The van der Waals surface area contributed by atoms with Gasteiger partial charge in [0.15, 0.2) is 0 Å². The highest BCUT2D eigenvalue weighted by Crippen LogP contribution is 2.51. The smallest absolute Gasteiger partial charge is 0.0478 e. The molecule has 100 valence electrons. The van der Waals surface area contributed by atoms with E-state index in [0.29, 0.717) is 5.41 Å². The van der Waals surface area contributed by atoms with Crippen molar-refractivity contribution in [1.29, 1.82) is 0 Å². The predicted octanol–water partition coefficient (Wildman–Crippen LogP) is 3.51. The van der Waals surface area contributed by atoms with Crippen LogP contribution < -0.4 is 5.32 Å². The molecule has 2 aliphatic carbocycles. The van der Waals surface area contributed by atoms with Crippen molar-refractivity contribution in [3.8, 4) is 0 Å². The molecule has 2 nitrogen and oxygen atoms in total. The van der Waals surface area contributed by atoms with Crippen LogP contribution in [0.5, 0.6) is 0 Å². The van der Waals surface area contributed by atoms with Gasteiger partial charge in [-0.15, -0.1) is 0 Å². The van der Waals surface area contributed by atoms with E-state index in [2.05, 4.69) is 12.2 Å². The van der Waals surface area contributed by atoms with Crippen LogP contribution in [-0.4, -0.2) is 25.8 Å². The van der Waals surface area contributed by atoms with Crippen LogP contribution in [-0.2, 0) is 4.74 Å². The van der Waals surface area contributed by atoms with Gasteiger partial charge < -0.3 is 10.1 Å². The number of ether oxygens (including phenoxy) is 1. The normalized spacial score (nSPS) is 27.0. The molecule has 2 rings (SSSR count). The molecule has 0 heterocycles. The molecule has 1 unspecified atom stereocenters. The van der Waals surface area contributed by atoms with E-state index in [0.717, 1.165) is 32.2 Å². The molecule has 0 aromatic rings. The van der Waals surface area contributed by atoms with Gasteiger partial charge in [-0.25, -0.2) is 0 Å². The second-order valence-electron chi connectivity index (χ2n) is 5.93.